The molecule has 0 spiro atoms. The van der Waals surface area contributed by atoms with Crippen molar-refractivity contribution in [2.75, 3.05) is 13.1 Å². The lowest BCUT2D eigenvalue weighted by molar-refractivity contribution is 0.0443. The van der Waals surface area contributed by atoms with Crippen LogP contribution >= 0.6 is 0 Å². The zero-order chi connectivity index (χ0) is 15.7. The van der Waals surface area contributed by atoms with Crippen LogP contribution in [0.4, 0.5) is 4.79 Å². The van der Waals surface area contributed by atoms with E-state index in [1.807, 2.05) is 0 Å². The number of amides is 3. The summed E-state index contributed by atoms with van der Waals surface area (Å²) >= 11 is 0. The fourth-order valence-electron chi connectivity index (χ4n) is 2.53. The maximum atomic E-state index is 12.5. The van der Waals surface area contributed by atoms with E-state index in [0.29, 0.717) is 13.1 Å². The number of hydrogen-bond donors (Lipinski definition) is 1. The highest BCUT2D eigenvalue weighted by atomic mass is 16.6. The molecule has 1 aromatic rings. The van der Waals surface area contributed by atoms with Crippen LogP contribution in [0.25, 0.3) is 0 Å². The van der Waals surface area contributed by atoms with Crippen LogP contribution in [-0.2, 0) is 4.74 Å². The van der Waals surface area contributed by atoms with Gasteiger partial charge in [0.25, 0.3) is 5.91 Å². The lowest BCUT2D eigenvalue weighted by Crippen LogP contribution is -2.45. The van der Waals surface area contributed by atoms with Crippen molar-refractivity contribution >= 4 is 23.9 Å². The van der Waals surface area contributed by atoms with E-state index >= 15 is 0 Å². The van der Waals surface area contributed by atoms with Crippen LogP contribution in [0.3, 0.4) is 0 Å². The van der Waals surface area contributed by atoms with Crippen molar-refractivity contribution < 1.29 is 23.9 Å². The summed E-state index contributed by atoms with van der Waals surface area (Å²) in [5, 5.41) is 2.67. The van der Waals surface area contributed by atoms with Gasteiger partial charge in [0.2, 0.25) is 0 Å². The van der Waals surface area contributed by atoms with Gasteiger partial charge in [-0.15, -0.1) is 0 Å². The molecule has 7 heteroatoms. The molecule has 2 aliphatic heterocycles. The Morgan fingerprint density at radius 2 is 1.82 bits per heavy atom. The lowest BCUT2D eigenvalue weighted by atomic mass is 10.0. The van der Waals surface area contributed by atoms with E-state index in [0.717, 1.165) is 24.2 Å². The molecular weight excluding hydrogens is 288 g/mol. The number of rotatable bonds is 1. The van der Waals surface area contributed by atoms with E-state index in [4.69, 9.17) is 0 Å². The molecule has 114 valence electrons. The SMILES string of the molecule is O=C1OC(=O)c2cc(C(=O)N3CCCCCNC3=O)ccc21. The topological polar surface area (TPSA) is 92.8 Å². The van der Waals surface area contributed by atoms with Crippen molar-refractivity contribution in [3.05, 3.63) is 34.9 Å². The number of benzene rings is 1. The first-order chi connectivity index (χ1) is 10.6. The van der Waals surface area contributed by atoms with Crippen LogP contribution in [-0.4, -0.2) is 41.9 Å². The maximum Gasteiger partial charge on any atom is 0.346 e. The Morgan fingerprint density at radius 1 is 1.05 bits per heavy atom. The number of carbonyl (C=O) groups excluding carboxylic acids is 4. The third-order valence-corrected chi connectivity index (χ3v) is 3.72. The standard InChI is InChI=1S/C15H14N2O5/c18-12(17-7-3-1-2-6-16-15(17)21)9-4-5-10-11(8-9)14(20)22-13(10)19/h4-5,8H,1-3,6-7H2,(H,16,21). The number of hydrogen-bond acceptors (Lipinski definition) is 5. The quantitative estimate of drug-likeness (QED) is 0.624. The van der Waals surface area contributed by atoms with E-state index < -0.39 is 23.9 Å². The number of carbonyl (C=O) groups is 4. The third kappa shape index (κ3) is 2.45. The minimum atomic E-state index is -0.772. The van der Waals surface area contributed by atoms with Crippen molar-refractivity contribution in [2.24, 2.45) is 0 Å². The van der Waals surface area contributed by atoms with Crippen molar-refractivity contribution in [2.45, 2.75) is 19.3 Å². The summed E-state index contributed by atoms with van der Waals surface area (Å²) in [7, 11) is 0. The fraction of sp³-hybridized carbons (Fsp3) is 0.333. The second-order valence-electron chi connectivity index (χ2n) is 5.19. The smallest absolute Gasteiger partial charge is 0.346 e. The number of urea groups is 1. The second-order valence-corrected chi connectivity index (χ2v) is 5.19. The van der Waals surface area contributed by atoms with E-state index in [-0.39, 0.29) is 16.7 Å². The molecule has 1 fully saturated rings. The largest absolute Gasteiger partial charge is 0.386 e. The Morgan fingerprint density at radius 3 is 2.64 bits per heavy atom. The molecule has 0 bridgehead atoms. The molecule has 22 heavy (non-hydrogen) atoms. The summed E-state index contributed by atoms with van der Waals surface area (Å²) < 4.78 is 4.49. The molecule has 0 aromatic heterocycles. The summed E-state index contributed by atoms with van der Waals surface area (Å²) in [5.74, 6) is -1.98. The van der Waals surface area contributed by atoms with Crippen molar-refractivity contribution in [1.29, 1.82) is 0 Å². The van der Waals surface area contributed by atoms with Crippen LogP contribution in [0, 0.1) is 0 Å². The lowest BCUT2D eigenvalue weighted by Gasteiger charge is -2.23. The number of esters is 2. The zero-order valence-corrected chi connectivity index (χ0v) is 11.8. The average Bonchev–Trinajstić information content (AvgIpc) is 2.77. The molecule has 3 amide bonds. The second kappa shape index (κ2) is 5.59. The van der Waals surface area contributed by atoms with Crippen LogP contribution in [0.15, 0.2) is 18.2 Å². The van der Waals surface area contributed by atoms with E-state index in [1.54, 1.807) is 0 Å². The summed E-state index contributed by atoms with van der Waals surface area (Å²) in [6, 6.07) is 3.66. The average molecular weight is 302 g/mol. The highest BCUT2D eigenvalue weighted by molar-refractivity contribution is 6.16. The molecule has 3 rings (SSSR count). The number of fused-ring (bicyclic) bond motifs is 1. The minimum Gasteiger partial charge on any atom is -0.386 e. The predicted molar refractivity (Wildman–Crippen MR) is 74.5 cm³/mol. The van der Waals surface area contributed by atoms with Gasteiger partial charge in [0.15, 0.2) is 0 Å². The first-order valence-corrected chi connectivity index (χ1v) is 7.08. The Kier molecular flexibility index (Phi) is 3.62. The fourth-order valence-corrected chi connectivity index (χ4v) is 2.53. The predicted octanol–water partition coefficient (Wildman–Crippen LogP) is 1.33. The van der Waals surface area contributed by atoms with Gasteiger partial charge in [0, 0.05) is 18.7 Å². The summed E-state index contributed by atoms with van der Waals surface area (Å²) in [5.41, 5.74) is 0.378. The molecule has 1 aromatic carbocycles. The van der Waals surface area contributed by atoms with Crippen molar-refractivity contribution in [3.8, 4) is 0 Å². The van der Waals surface area contributed by atoms with Gasteiger partial charge in [-0.1, -0.05) is 0 Å². The number of nitrogens with one attached hydrogen (secondary N) is 1. The number of cyclic esters (lactones) is 2. The summed E-state index contributed by atoms with van der Waals surface area (Å²) in [6.07, 6.45) is 2.56. The molecular formula is C15H14N2O5. The Labute approximate surface area is 126 Å². The number of nitrogens with zero attached hydrogens (tertiary/aromatic N) is 1. The van der Waals surface area contributed by atoms with E-state index in [2.05, 4.69) is 10.1 Å². The molecule has 0 saturated carbocycles. The Bertz CT molecular complexity index is 683. The molecule has 2 aliphatic rings. The van der Waals surface area contributed by atoms with E-state index in [9.17, 15) is 19.2 Å². The van der Waals surface area contributed by atoms with Gasteiger partial charge in [-0.3, -0.25) is 9.69 Å². The zero-order valence-electron chi connectivity index (χ0n) is 11.8. The highest BCUT2D eigenvalue weighted by Crippen LogP contribution is 2.22. The summed E-state index contributed by atoms with van der Waals surface area (Å²) in [4.78, 5) is 48.5. The molecule has 0 atom stereocenters. The van der Waals surface area contributed by atoms with Gasteiger partial charge in [0.1, 0.15) is 0 Å². The molecule has 1 N–H and O–H groups in total. The van der Waals surface area contributed by atoms with Gasteiger partial charge in [0.05, 0.1) is 11.1 Å². The molecule has 1 saturated heterocycles. The van der Waals surface area contributed by atoms with Gasteiger partial charge in [-0.2, -0.15) is 0 Å². The summed E-state index contributed by atoms with van der Waals surface area (Å²) in [6.45, 7) is 0.860. The Balaban J connectivity index is 1.88. The third-order valence-electron chi connectivity index (χ3n) is 3.72. The number of imide groups is 1. The molecule has 0 radical (unpaired) electrons. The van der Waals surface area contributed by atoms with Crippen LogP contribution in [0.1, 0.15) is 50.3 Å². The Hall–Kier alpha value is -2.70. The maximum absolute atomic E-state index is 12.5. The first kappa shape index (κ1) is 14.2. The monoisotopic (exact) mass is 302 g/mol. The normalized spacial score (nSPS) is 18.2. The molecule has 0 aliphatic carbocycles. The van der Waals surface area contributed by atoms with Crippen molar-refractivity contribution in [3.63, 3.8) is 0 Å². The number of ether oxygens (including phenoxy) is 1. The van der Waals surface area contributed by atoms with Gasteiger partial charge in [-0.25, -0.2) is 14.4 Å². The molecule has 2 heterocycles. The minimum absolute atomic E-state index is 0.0586. The van der Waals surface area contributed by atoms with Crippen LogP contribution in [0.5, 0.6) is 0 Å². The first-order valence-electron chi connectivity index (χ1n) is 7.08. The van der Waals surface area contributed by atoms with E-state index in [1.165, 1.54) is 18.2 Å². The molecule has 0 unspecified atom stereocenters. The van der Waals surface area contributed by atoms with Crippen LogP contribution in [0.2, 0.25) is 0 Å². The molecule has 7 nitrogen and oxygen atoms in total. The van der Waals surface area contributed by atoms with Gasteiger partial charge in [-0.05, 0) is 37.5 Å². The van der Waals surface area contributed by atoms with Gasteiger partial charge >= 0.3 is 18.0 Å². The van der Waals surface area contributed by atoms with Crippen LogP contribution < -0.4 is 5.32 Å². The van der Waals surface area contributed by atoms with Gasteiger partial charge < -0.3 is 10.1 Å². The van der Waals surface area contributed by atoms with Crippen molar-refractivity contribution in [1.82, 2.24) is 10.2 Å². The highest BCUT2D eigenvalue weighted by Gasteiger charge is 2.31.